The predicted octanol–water partition coefficient (Wildman–Crippen LogP) is 1.57. The number of nitrogens with two attached hydrogens (primary N) is 1. The summed E-state index contributed by atoms with van der Waals surface area (Å²) in [6.07, 6.45) is -3.21. The molecule has 0 saturated carbocycles. The molecule has 1 rings (SSSR count). The second-order valence-electron chi connectivity index (χ2n) is 3.17. The Morgan fingerprint density at radius 1 is 1.56 bits per heavy atom. The molecule has 0 spiro atoms. The zero-order valence-electron chi connectivity index (χ0n) is 8.03. The maximum Gasteiger partial charge on any atom is 0.416 e. The van der Waals surface area contributed by atoms with Crippen molar-refractivity contribution in [3.05, 3.63) is 29.6 Å². The zero-order valence-corrected chi connectivity index (χ0v) is 8.03. The van der Waals surface area contributed by atoms with E-state index in [9.17, 15) is 18.0 Å². The largest absolute Gasteiger partial charge is 0.481 e. The van der Waals surface area contributed by atoms with Crippen molar-refractivity contribution in [3.63, 3.8) is 0 Å². The third-order valence-electron chi connectivity index (χ3n) is 1.95. The van der Waals surface area contributed by atoms with Gasteiger partial charge in [-0.05, 0) is 11.6 Å². The number of carboxylic acids is 1. The molecule has 0 aliphatic carbocycles. The summed E-state index contributed by atoms with van der Waals surface area (Å²) in [5.41, 5.74) is 4.12. The fourth-order valence-corrected chi connectivity index (χ4v) is 1.26. The summed E-state index contributed by atoms with van der Waals surface area (Å²) in [4.78, 5) is 13.9. The highest BCUT2D eigenvalue weighted by Gasteiger charge is 2.34. The second-order valence-corrected chi connectivity index (χ2v) is 3.17. The first-order valence-electron chi connectivity index (χ1n) is 4.31. The number of carboxylic acid groups (broad SMARTS) is 1. The number of carbonyl (C=O) groups is 1. The first-order chi connectivity index (χ1) is 7.32. The van der Waals surface area contributed by atoms with Crippen LogP contribution in [0, 0.1) is 0 Å². The van der Waals surface area contributed by atoms with E-state index in [2.05, 4.69) is 4.98 Å². The van der Waals surface area contributed by atoms with Crippen LogP contribution in [-0.2, 0) is 11.0 Å². The minimum absolute atomic E-state index is 0.308. The van der Waals surface area contributed by atoms with Crippen molar-refractivity contribution < 1.29 is 23.1 Å². The van der Waals surface area contributed by atoms with E-state index in [0.29, 0.717) is 0 Å². The number of aromatic nitrogens is 1. The van der Waals surface area contributed by atoms with E-state index in [-0.39, 0.29) is 5.56 Å². The molecule has 0 aromatic carbocycles. The summed E-state index contributed by atoms with van der Waals surface area (Å²) in [5, 5.41) is 8.46. The van der Waals surface area contributed by atoms with Crippen LogP contribution in [0.15, 0.2) is 18.5 Å². The average Bonchev–Trinajstić information content (AvgIpc) is 2.15. The van der Waals surface area contributed by atoms with Crippen LogP contribution in [0.1, 0.15) is 23.6 Å². The minimum Gasteiger partial charge on any atom is -0.481 e. The smallest absolute Gasteiger partial charge is 0.416 e. The topological polar surface area (TPSA) is 76.2 Å². The predicted molar refractivity (Wildman–Crippen MR) is 48.4 cm³/mol. The molecule has 3 N–H and O–H groups in total. The van der Waals surface area contributed by atoms with Crippen LogP contribution in [0.3, 0.4) is 0 Å². The van der Waals surface area contributed by atoms with Crippen LogP contribution in [0.5, 0.6) is 0 Å². The molecule has 1 aromatic heterocycles. The van der Waals surface area contributed by atoms with Gasteiger partial charge in [0.25, 0.3) is 0 Å². The lowest BCUT2D eigenvalue weighted by atomic mass is 10.0. The molecule has 7 heteroatoms. The van der Waals surface area contributed by atoms with Crippen molar-refractivity contribution in [2.45, 2.75) is 18.6 Å². The van der Waals surface area contributed by atoms with Gasteiger partial charge in [-0.3, -0.25) is 9.78 Å². The standard InChI is InChI=1S/C9H9F3N2O2/c10-9(11,12)6-1-2-14-4-5(6)7(13)3-8(15)16/h1-2,4,7H,3,13H2,(H,15,16). The van der Waals surface area contributed by atoms with E-state index >= 15 is 0 Å². The fraction of sp³-hybridized carbons (Fsp3) is 0.333. The van der Waals surface area contributed by atoms with Crippen molar-refractivity contribution >= 4 is 5.97 Å². The zero-order chi connectivity index (χ0) is 12.3. The van der Waals surface area contributed by atoms with Gasteiger partial charge in [0.1, 0.15) is 0 Å². The van der Waals surface area contributed by atoms with Gasteiger partial charge in [-0.1, -0.05) is 0 Å². The van der Waals surface area contributed by atoms with Crippen LogP contribution in [0.2, 0.25) is 0 Å². The highest BCUT2D eigenvalue weighted by Crippen LogP contribution is 2.34. The summed E-state index contributed by atoms with van der Waals surface area (Å²) in [6, 6.07) is -0.445. The average molecular weight is 234 g/mol. The van der Waals surface area contributed by atoms with E-state index in [1.54, 1.807) is 0 Å². The van der Waals surface area contributed by atoms with E-state index in [4.69, 9.17) is 10.8 Å². The van der Waals surface area contributed by atoms with Crippen molar-refractivity contribution in [1.82, 2.24) is 4.98 Å². The van der Waals surface area contributed by atoms with Crippen molar-refractivity contribution in [1.29, 1.82) is 0 Å². The van der Waals surface area contributed by atoms with E-state index in [1.807, 2.05) is 0 Å². The molecule has 1 aromatic rings. The molecule has 1 atom stereocenters. The Morgan fingerprint density at radius 2 is 2.19 bits per heavy atom. The molecule has 88 valence electrons. The van der Waals surface area contributed by atoms with Gasteiger partial charge in [-0.15, -0.1) is 0 Å². The lowest BCUT2D eigenvalue weighted by molar-refractivity contribution is -0.140. The molecule has 0 amide bonds. The van der Waals surface area contributed by atoms with E-state index in [0.717, 1.165) is 18.5 Å². The van der Waals surface area contributed by atoms with Crippen molar-refractivity contribution in [2.75, 3.05) is 0 Å². The van der Waals surface area contributed by atoms with Crippen molar-refractivity contribution in [2.24, 2.45) is 5.73 Å². The summed E-state index contributed by atoms with van der Waals surface area (Å²) in [5.74, 6) is -1.26. The van der Waals surface area contributed by atoms with Gasteiger partial charge in [0, 0.05) is 18.4 Å². The highest BCUT2D eigenvalue weighted by molar-refractivity contribution is 5.68. The number of aliphatic carboxylic acids is 1. The van der Waals surface area contributed by atoms with E-state index < -0.39 is 30.2 Å². The number of nitrogens with zero attached hydrogens (tertiary/aromatic N) is 1. The molecule has 0 aliphatic rings. The van der Waals surface area contributed by atoms with Gasteiger partial charge in [-0.25, -0.2) is 0 Å². The van der Waals surface area contributed by atoms with E-state index in [1.165, 1.54) is 0 Å². The van der Waals surface area contributed by atoms with Gasteiger partial charge in [0.05, 0.1) is 12.0 Å². The third kappa shape index (κ3) is 2.93. The molecule has 1 unspecified atom stereocenters. The van der Waals surface area contributed by atoms with Crippen LogP contribution in [0.25, 0.3) is 0 Å². The Morgan fingerprint density at radius 3 is 2.69 bits per heavy atom. The lowest BCUT2D eigenvalue weighted by Gasteiger charge is -2.16. The lowest BCUT2D eigenvalue weighted by Crippen LogP contribution is -2.20. The summed E-state index contributed by atoms with van der Waals surface area (Å²) >= 11 is 0. The maximum atomic E-state index is 12.5. The molecular formula is C9H9F3N2O2. The number of rotatable bonds is 3. The Hall–Kier alpha value is -1.63. The number of pyridine rings is 1. The molecule has 0 radical (unpaired) electrons. The van der Waals surface area contributed by atoms with Gasteiger partial charge in [0.15, 0.2) is 0 Å². The number of halogens is 3. The first kappa shape index (κ1) is 12.4. The monoisotopic (exact) mass is 234 g/mol. The van der Waals surface area contributed by atoms with Crippen LogP contribution < -0.4 is 5.73 Å². The quantitative estimate of drug-likeness (QED) is 0.832. The Balaban J connectivity index is 3.08. The van der Waals surface area contributed by atoms with Gasteiger partial charge >= 0.3 is 12.1 Å². The van der Waals surface area contributed by atoms with Crippen LogP contribution in [0.4, 0.5) is 13.2 Å². The molecule has 0 fully saturated rings. The molecule has 0 aliphatic heterocycles. The van der Waals surface area contributed by atoms with Gasteiger partial charge in [-0.2, -0.15) is 13.2 Å². The molecule has 16 heavy (non-hydrogen) atoms. The number of hydrogen-bond donors (Lipinski definition) is 2. The highest BCUT2D eigenvalue weighted by atomic mass is 19.4. The number of hydrogen-bond acceptors (Lipinski definition) is 3. The van der Waals surface area contributed by atoms with Gasteiger partial charge < -0.3 is 10.8 Å². The summed E-state index contributed by atoms with van der Waals surface area (Å²) in [6.45, 7) is 0. The Kier molecular flexibility index (Phi) is 3.48. The van der Waals surface area contributed by atoms with Crippen LogP contribution >= 0.6 is 0 Å². The molecule has 0 saturated heterocycles. The molecular weight excluding hydrogens is 225 g/mol. The molecule has 1 heterocycles. The fourth-order valence-electron chi connectivity index (χ4n) is 1.26. The minimum atomic E-state index is -4.56. The normalized spacial score (nSPS) is 13.5. The second kappa shape index (κ2) is 4.48. The first-order valence-corrected chi connectivity index (χ1v) is 4.31. The summed E-state index contributed by atoms with van der Waals surface area (Å²) < 4.78 is 37.5. The van der Waals surface area contributed by atoms with Crippen LogP contribution in [-0.4, -0.2) is 16.1 Å². The van der Waals surface area contributed by atoms with Crippen molar-refractivity contribution in [3.8, 4) is 0 Å². The Bertz CT molecular complexity index is 393. The summed E-state index contributed by atoms with van der Waals surface area (Å²) in [7, 11) is 0. The molecule has 4 nitrogen and oxygen atoms in total. The van der Waals surface area contributed by atoms with Gasteiger partial charge in [0.2, 0.25) is 0 Å². The maximum absolute atomic E-state index is 12.5. The Labute approximate surface area is 88.9 Å². The SMILES string of the molecule is NC(CC(=O)O)c1cnccc1C(F)(F)F. The molecule has 0 bridgehead atoms. The number of alkyl halides is 3. The third-order valence-corrected chi connectivity index (χ3v) is 1.95.